The number of nitrogens with one attached hydrogen (secondary N) is 1. The van der Waals surface area contributed by atoms with Crippen molar-refractivity contribution in [1.29, 1.82) is 0 Å². The van der Waals surface area contributed by atoms with Crippen LogP contribution in [0, 0.1) is 0 Å². The smallest absolute Gasteiger partial charge is 0.125 e. The van der Waals surface area contributed by atoms with Gasteiger partial charge in [-0.25, -0.2) is 4.98 Å². The van der Waals surface area contributed by atoms with Crippen LogP contribution in [0.3, 0.4) is 0 Å². The number of imidazole rings is 1. The topological polar surface area (TPSA) is 74.9 Å². The van der Waals surface area contributed by atoms with Gasteiger partial charge in [-0.1, -0.05) is 12.1 Å². The Morgan fingerprint density at radius 3 is 2.71 bits per heavy atom. The number of nitrogens with zero attached hydrogens (tertiary/aromatic N) is 1. The Bertz CT molecular complexity index is 481. The molecule has 90 valence electrons. The van der Waals surface area contributed by atoms with Crippen molar-refractivity contribution in [2.45, 2.75) is 10.9 Å². The monoisotopic (exact) mass is 249 g/mol. The van der Waals surface area contributed by atoms with Crippen molar-refractivity contribution in [2.75, 3.05) is 12.9 Å². The van der Waals surface area contributed by atoms with Gasteiger partial charge in [0.15, 0.2) is 0 Å². The van der Waals surface area contributed by atoms with Crippen LogP contribution in [0.4, 0.5) is 0 Å². The van der Waals surface area contributed by atoms with E-state index in [1.54, 1.807) is 18.0 Å². The summed E-state index contributed by atoms with van der Waals surface area (Å²) in [6.07, 6.45) is 3.78. The standard InChI is InChI=1S/C12H15N3OS/c1-17-9-4-2-8(3-5-9)11-6-14-12(15-11)10(13)7-16/h2-6,10,16H,7,13H2,1H3,(H,14,15). The zero-order valence-electron chi connectivity index (χ0n) is 9.55. The minimum absolute atomic E-state index is 0.113. The molecular weight excluding hydrogens is 234 g/mol. The molecule has 0 aliphatic carbocycles. The van der Waals surface area contributed by atoms with Crippen LogP contribution in [0.1, 0.15) is 11.9 Å². The molecule has 2 rings (SSSR count). The summed E-state index contributed by atoms with van der Waals surface area (Å²) in [6, 6.07) is 7.74. The first-order valence-electron chi connectivity index (χ1n) is 5.30. The normalized spacial score (nSPS) is 12.6. The summed E-state index contributed by atoms with van der Waals surface area (Å²) in [5.41, 5.74) is 7.66. The predicted molar refractivity (Wildman–Crippen MR) is 69.8 cm³/mol. The molecule has 1 aromatic heterocycles. The van der Waals surface area contributed by atoms with E-state index >= 15 is 0 Å². The Morgan fingerprint density at radius 2 is 2.12 bits per heavy atom. The quantitative estimate of drug-likeness (QED) is 0.722. The van der Waals surface area contributed by atoms with Crippen LogP contribution in [0.2, 0.25) is 0 Å². The van der Waals surface area contributed by atoms with Crippen molar-refractivity contribution >= 4 is 11.8 Å². The molecule has 0 aliphatic rings. The summed E-state index contributed by atoms with van der Waals surface area (Å²) in [6.45, 7) is -0.113. The number of benzene rings is 1. The lowest BCUT2D eigenvalue weighted by molar-refractivity contribution is 0.264. The fourth-order valence-corrected chi connectivity index (χ4v) is 1.94. The van der Waals surface area contributed by atoms with Crippen molar-refractivity contribution in [3.8, 4) is 11.3 Å². The van der Waals surface area contributed by atoms with Gasteiger partial charge in [0.25, 0.3) is 0 Å². The van der Waals surface area contributed by atoms with E-state index in [0.717, 1.165) is 11.3 Å². The number of H-pyrrole nitrogens is 1. The SMILES string of the molecule is CSc1ccc(-c2cnc(C(N)CO)[nH]2)cc1. The molecule has 5 heteroatoms. The summed E-state index contributed by atoms with van der Waals surface area (Å²) in [4.78, 5) is 8.50. The van der Waals surface area contributed by atoms with Crippen molar-refractivity contribution in [2.24, 2.45) is 5.73 Å². The molecule has 1 aromatic carbocycles. The van der Waals surface area contributed by atoms with Gasteiger partial charge < -0.3 is 15.8 Å². The van der Waals surface area contributed by atoms with Gasteiger partial charge in [-0.3, -0.25) is 0 Å². The minimum atomic E-state index is -0.450. The van der Waals surface area contributed by atoms with Crippen molar-refractivity contribution in [3.63, 3.8) is 0 Å². The van der Waals surface area contributed by atoms with Crippen LogP contribution in [0.25, 0.3) is 11.3 Å². The van der Waals surface area contributed by atoms with Gasteiger partial charge in [0, 0.05) is 4.90 Å². The third-order valence-electron chi connectivity index (χ3n) is 2.54. The molecule has 0 saturated heterocycles. The van der Waals surface area contributed by atoms with Gasteiger partial charge >= 0.3 is 0 Å². The lowest BCUT2D eigenvalue weighted by atomic mass is 10.2. The van der Waals surface area contributed by atoms with E-state index in [-0.39, 0.29) is 6.61 Å². The molecule has 4 nitrogen and oxygen atoms in total. The van der Waals surface area contributed by atoms with Gasteiger partial charge in [-0.05, 0) is 24.0 Å². The molecule has 1 atom stereocenters. The Kier molecular flexibility index (Phi) is 3.83. The molecule has 0 saturated carbocycles. The molecule has 0 radical (unpaired) electrons. The zero-order valence-corrected chi connectivity index (χ0v) is 10.4. The summed E-state index contributed by atoms with van der Waals surface area (Å²) in [5.74, 6) is 0.608. The van der Waals surface area contributed by atoms with Crippen LogP contribution in [0.5, 0.6) is 0 Å². The Morgan fingerprint density at radius 1 is 1.41 bits per heavy atom. The molecule has 17 heavy (non-hydrogen) atoms. The highest BCUT2D eigenvalue weighted by Gasteiger charge is 2.09. The second-order valence-corrected chi connectivity index (χ2v) is 4.58. The predicted octanol–water partition coefficient (Wildman–Crippen LogP) is 1.79. The highest BCUT2D eigenvalue weighted by atomic mass is 32.2. The van der Waals surface area contributed by atoms with E-state index in [0.29, 0.717) is 5.82 Å². The van der Waals surface area contributed by atoms with Crippen LogP contribution < -0.4 is 5.73 Å². The average Bonchev–Trinajstić information content (AvgIpc) is 2.87. The van der Waals surface area contributed by atoms with Crippen LogP contribution in [0.15, 0.2) is 35.4 Å². The Labute approximate surface area is 104 Å². The number of nitrogens with two attached hydrogens (primary N) is 1. The van der Waals surface area contributed by atoms with E-state index in [9.17, 15) is 0 Å². The summed E-state index contributed by atoms with van der Waals surface area (Å²) >= 11 is 1.71. The first kappa shape index (κ1) is 12.2. The maximum absolute atomic E-state index is 8.95. The number of aromatic amines is 1. The first-order chi connectivity index (χ1) is 8.24. The van der Waals surface area contributed by atoms with Crippen molar-refractivity contribution < 1.29 is 5.11 Å². The third-order valence-corrected chi connectivity index (χ3v) is 3.29. The number of aliphatic hydroxyl groups is 1. The second kappa shape index (κ2) is 5.35. The maximum atomic E-state index is 8.95. The van der Waals surface area contributed by atoms with Gasteiger partial charge in [0.2, 0.25) is 0 Å². The maximum Gasteiger partial charge on any atom is 0.125 e. The van der Waals surface area contributed by atoms with E-state index in [1.807, 2.05) is 18.4 Å². The van der Waals surface area contributed by atoms with Crippen LogP contribution in [-0.4, -0.2) is 27.9 Å². The summed E-state index contributed by atoms with van der Waals surface area (Å²) in [7, 11) is 0. The van der Waals surface area contributed by atoms with Gasteiger partial charge in [0.05, 0.1) is 24.5 Å². The molecular formula is C12H15N3OS. The molecule has 0 bridgehead atoms. The van der Waals surface area contributed by atoms with E-state index in [2.05, 4.69) is 22.1 Å². The molecule has 2 aromatic rings. The Balaban J connectivity index is 2.24. The van der Waals surface area contributed by atoms with E-state index < -0.39 is 6.04 Å². The second-order valence-electron chi connectivity index (χ2n) is 3.70. The lowest BCUT2D eigenvalue weighted by Crippen LogP contribution is -2.15. The zero-order chi connectivity index (χ0) is 12.3. The van der Waals surface area contributed by atoms with Crippen LogP contribution >= 0.6 is 11.8 Å². The molecule has 1 heterocycles. The molecule has 0 aliphatic heterocycles. The van der Waals surface area contributed by atoms with Crippen molar-refractivity contribution in [3.05, 3.63) is 36.3 Å². The lowest BCUT2D eigenvalue weighted by Gasteiger charge is -2.03. The molecule has 0 amide bonds. The third kappa shape index (κ3) is 2.69. The highest BCUT2D eigenvalue weighted by molar-refractivity contribution is 7.98. The molecule has 0 fully saturated rings. The number of hydrogen-bond donors (Lipinski definition) is 3. The van der Waals surface area contributed by atoms with E-state index in [4.69, 9.17) is 10.8 Å². The number of aliphatic hydroxyl groups excluding tert-OH is 1. The van der Waals surface area contributed by atoms with Gasteiger partial charge in [-0.2, -0.15) is 0 Å². The fourth-order valence-electron chi connectivity index (χ4n) is 1.53. The highest BCUT2D eigenvalue weighted by Crippen LogP contribution is 2.22. The van der Waals surface area contributed by atoms with Crippen LogP contribution in [-0.2, 0) is 0 Å². The van der Waals surface area contributed by atoms with Crippen molar-refractivity contribution in [1.82, 2.24) is 9.97 Å². The van der Waals surface area contributed by atoms with Gasteiger partial charge in [-0.15, -0.1) is 11.8 Å². The largest absolute Gasteiger partial charge is 0.394 e. The molecule has 4 N–H and O–H groups in total. The first-order valence-corrected chi connectivity index (χ1v) is 6.53. The number of aromatic nitrogens is 2. The average molecular weight is 249 g/mol. The molecule has 0 spiro atoms. The number of rotatable bonds is 4. The number of hydrogen-bond acceptors (Lipinski definition) is 4. The fraction of sp³-hybridized carbons (Fsp3) is 0.250. The van der Waals surface area contributed by atoms with Gasteiger partial charge in [0.1, 0.15) is 5.82 Å². The van der Waals surface area contributed by atoms with E-state index in [1.165, 1.54) is 4.90 Å². The minimum Gasteiger partial charge on any atom is -0.394 e. The summed E-state index contributed by atoms with van der Waals surface area (Å²) < 4.78 is 0. The Hall–Kier alpha value is -1.30. The number of thioether (sulfide) groups is 1. The molecule has 1 unspecified atom stereocenters. The summed E-state index contributed by atoms with van der Waals surface area (Å²) in [5, 5.41) is 8.95.